The van der Waals surface area contributed by atoms with Crippen LogP contribution in [-0.2, 0) is 17.8 Å². The second-order valence-corrected chi connectivity index (χ2v) is 7.55. The Morgan fingerprint density at radius 1 is 0.875 bits per heavy atom. The summed E-state index contributed by atoms with van der Waals surface area (Å²) in [4.78, 5) is 15.2. The zero-order valence-corrected chi connectivity index (χ0v) is 17.7. The van der Waals surface area contributed by atoms with E-state index < -0.39 is 0 Å². The molecule has 0 radical (unpaired) electrons. The number of anilines is 1. The second kappa shape index (κ2) is 10.2. The number of carbonyl (C=O) groups is 1. The highest BCUT2D eigenvalue weighted by molar-refractivity contribution is 5.81. The van der Waals surface area contributed by atoms with Gasteiger partial charge in [0.05, 0.1) is 11.3 Å². The Hall–Kier alpha value is -4.23. The van der Waals surface area contributed by atoms with Gasteiger partial charge in [0.15, 0.2) is 0 Å². The summed E-state index contributed by atoms with van der Waals surface area (Å²) in [5, 5.41) is 12.8. The van der Waals surface area contributed by atoms with Crippen LogP contribution in [0.1, 0.15) is 23.1 Å². The average molecular weight is 418 g/mol. The summed E-state index contributed by atoms with van der Waals surface area (Å²) in [7, 11) is 0. The number of carbonyl (C=O) groups excluding carboxylic acids is 1. The largest absolute Gasteiger partial charge is 0.381 e. The Morgan fingerprint density at radius 2 is 1.69 bits per heavy atom. The first-order chi connectivity index (χ1) is 15.8. The molecule has 4 heteroatoms. The zero-order chi connectivity index (χ0) is 22.2. The SMILES string of the molecule is N#Cc1cnc(-c2ccc(CNc3cccc(CCC=O)c3)cc2)c(-c2ccccc2)c1. The van der Waals surface area contributed by atoms with Crippen molar-refractivity contribution in [2.24, 2.45) is 0 Å². The van der Waals surface area contributed by atoms with Crippen molar-refractivity contribution in [2.45, 2.75) is 19.4 Å². The van der Waals surface area contributed by atoms with E-state index in [1.165, 1.54) is 0 Å². The van der Waals surface area contributed by atoms with Gasteiger partial charge in [-0.05, 0) is 41.3 Å². The summed E-state index contributed by atoms with van der Waals surface area (Å²) >= 11 is 0. The van der Waals surface area contributed by atoms with Crippen LogP contribution in [0.2, 0.25) is 0 Å². The van der Waals surface area contributed by atoms with Gasteiger partial charge in [0.2, 0.25) is 0 Å². The number of pyridine rings is 1. The molecule has 0 aliphatic rings. The van der Waals surface area contributed by atoms with Crippen LogP contribution in [0.15, 0.2) is 91.1 Å². The number of aldehydes is 1. The first-order valence-corrected chi connectivity index (χ1v) is 10.6. The molecule has 0 saturated heterocycles. The normalized spacial score (nSPS) is 10.3. The van der Waals surface area contributed by atoms with Gasteiger partial charge in [0, 0.05) is 36.0 Å². The number of nitrogens with zero attached hydrogens (tertiary/aromatic N) is 2. The van der Waals surface area contributed by atoms with Crippen molar-refractivity contribution < 1.29 is 4.79 Å². The summed E-state index contributed by atoms with van der Waals surface area (Å²) in [5.41, 5.74) is 7.74. The van der Waals surface area contributed by atoms with E-state index in [-0.39, 0.29) is 0 Å². The molecule has 0 fully saturated rings. The monoisotopic (exact) mass is 417 g/mol. The molecule has 1 aromatic heterocycles. The average Bonchev–Trinajstić information content (AvgIpc) is 2.87. The Labute approximate surface area is 188 Å². The van der Waals surface area contributed by atoms with Crippen LogP contribution in [-0.4, -0.2) is 11.3 Å². The molecule has 0 unspecified atom stereocenters. The Kier molecular flexibility index (Phi) is 6.69. The summed E-state index contributed by atoms with van der Waals surface area (Å²) in [6.45, 7) is 0.698. The third-order valence-corrected chi connectivity index (χ3v) is 5.30. The van der Waals surface area contributed by atoms with E-state index in [0.717, 1.165) is 51.9 Å². The molecule has 0 amide bonds. The number of aryl methyl sites for hydroxylation is 1. The number of rotatable bonds is 8. The number of benzene rings is 3. The van der Waals surface area contributed by atoms with Gasteiger partial charge >= 0.3 is 0 Å². The quantitative estimate of drug-likeness (QED) is 0.355. The van der Waals surface area contributed by atoms with Crippen LogP contribution in [0.4, 0.5) is 5.69 Å². The van der Waals surface area contributed by atoms with Crippen LogP contribution in [0, 0.1) is 11.3 Å². The molecule has 0 saturated carbocycles. The van der Waals surface area contributed by atoms with Crippen molar-refractivity contribution in [3.8, 4) is 28.5 Å². The van der Waals surface area contributed by atoms with Crippen molar-refractivity contribution in [1.82, 2.24) is 4.98 Å². The maximum absolute atomic E-state index is 10.6. The fraction of sp³-hybridized carbons (Fsp3) is 0.107. The summed E-state index contributed by atoms with van der Waals surface area (Å²) < 4.78 is 0. The molecule has 4 nitrogen and oxygen atoms in total. The lowest BCUT2D eigenvalue weighted by Gasteiger charge is -2.11. The highest BCUT2D eigenvalue weighted by Crippen LogP contribution is 2.31. The molecule has 3 aromatic carbocycles. The van der Waals surface area contributed by atoms with Crippen molar-refractivity contribution >= 4 is 12.0 Å². The molecule has 156 valence electrons. The van der Waals surface area contributed by atoms with Gasteiger partial charge < -0.3 is 10.1 Å². The predicted molar refractivity (Wildman–Crippen MR) is 128 cm³/mol. The third kappa shape index (κ3) is 5.08. The molecule has 0 aliphatic carbocycles. The van der Waals surface area contributed by atoms with Crippen LogP contribution >= 0.6 is 0 Å². The summed E-state index contributed by atoms with van der Waals surface area (Å²) in [6.07, 6.45) is 3.87. The van der Waals surface area contributed by atoms with Gasteiger partial charge in [-0.3, -0.25) is 4.98 Å². The van der Waals surface area contributed by atoms with Crippen molar-refractivity contribution in [3.63, 3.8) is 0 Å². The topological polar surface area (TPSA) is 65.8 Å². The van der Waals surface area contributed by atoms with Crippen LogP contribution in [0.3, 0.4) is 0 Å². The molecule has 0 bridgehead atoms. The van der Waals surface area contributed by atoms with Crippen molar-refractivity contribution in [2.75, 3.05) is 5.32 Å². The van der Waals surface area contributed by atoms with E-state index in [0.29, 0.717) is 18.5 Å². The maximum atomic E-state index is 10.6. The van der Waals surface area contributed by atoms with E-state index in [9.17, 15) is 10.1 Å². The first kappa shape index (κ1) is 21.0. The number of nitriles is 1. The molecule has 0 atom stereocenters. The highest BCUT2D eigenvalue weighted by atomic mass is 16.1. The number of aromatic nitrogens is 1. The van der Waals surface area contributed by atoms with E-state index in [1.54, 1.807) is 6.20 Å². The number of hydrogen-bond donors (Lipinski definition) is 1. The van der Waals surface area contributed by atoms with Gasteiger partial charge in [0.1, 0.15) is 12.4 Å². The summed E-state index contributed by atoms with van der Waals surface area (Å²) in [6, 6.07) is 30.6. The molecule has 4 aromatic rings. The lowest BCUT2D eigenvalue weighted by Crippen LogP contribution is -2.00. The molecular formula is C28H23N3O. The lowest BCUT2D eigenvalue weighted by molar-refractivity contribution is -0.107. The van der Waals surface area contributed by atoms with Gasteiger partial charge in [-0.2, -0.15) is 5.26 Å². The summed E-state index contributed by atoms with van der Waals surface area (Å²) in [5.74, 6) is 0. The molecular weight excluding hydrogens is 394 g/mol. The fourth-order valence-corrected chi connectivity index (χ4v) is 3.64. The standard InChI is InChI=1S/C28H23N3O/c29-18-23-17-27(24-8-2-1-3-9-24)28(31-20-23)25-13-11-22(12-14-25)19-30-26-10-4-6-21(16-26)7-5-15-32/h1-4,6,8-17,20,30H,5,7,19H2. The zero-order valence-electron chi connectivity index (χ0n) is 17.7. The van der Waals surface area contributed by atoms with Crippen LogP contribution < -0.4 is 5.32 Å². The molecule has 4 rings (SSSR count). The van der Waals surface area contributed by atoms with Gasteiger partial charge in [-0.15, -0.1) is 0 Å². The Balaban J connectivity index is 1.52. The second-order valence-electron chi connectivity index (χ2n) is 7.55. The van der Waals surface area contributed by atoms with E-state index in [4.69, 9.17) is 0 Å². The number of nitrogens with one attached hydrogen (secondary N) is 1. The maximum Gasteiger partial charge on any atom is 0.120 e. The van der Waals surface area contributed by atoms with Gasteiger partial charge in [0.25, 0.3) is 0 Å². The first-order valence-electron chi connectivity index (χ1n) is 10.6. The molecule has 1 heterocycles. The molecule has 0 aliphatic heterocycles. The Bertz CT molecular complexity index is 1240. The minimum Gasteiger partial charge on any atom is -0.381 e. The minimum absolute atomic E-state index is 0.541. The highest BCUT2D eigenvalue weighted by Gasteiger charge is 2.10. The smallest absolute Gasteiger partial charge is 0.120 e. The molecule has 32 heavy (non-hydrogen) atoms. The molecule has 1 N–H and O–H groups in total. The number of hydrogen-bond acceptors (Lipinski definition) is 4. The van der Waals surface area contributed by atoms with Gasteiger partial charge in [-0.25, -0.2) is 0 Å². The minimum atomic E-state index is 0.541. The Morgan fingerprint density at radius 3 is 2.44 bits per heavy atom. The van der Waals surface area contributed by atoms with Crippen molar-refractivity contribution in [3.05, 3.63) is 108 Å². The van der Waals surface area contributed by atoms with E-state index in [2.05, 4.69) is 46.7 Å². The predicted octanol–water partition coefficient (Wildman–Crippen LogP) is 6.03. The molecule has 0 spiro atoms. The van der Waals surface area contributed by atoms with E-state index >= 15 is 0 Å². The third-order valence-electron chi connectivity index (χ3n) is 5.30. The fourth-order valence-electron chi connectivity index (χ4n) is 3.64. The van der Waals surface area contributed by atoms with E-state index in [1.807, 2.05) is 54.6 Å². The lowest BCUT2D eigenvalue weighted by atomic mass is 9.97. The van der Waals surface area contributed by atoms with Crippen LogP contribution in [0.5, 0.6) is 0 Å². The van der Waals surface area contributed by atoms with Gasteiger partial charge in [-0.1, -0.05) is 66.7 Å². The van der Waals surface area contributed by atoms with Crippen molar-refractivity contribution in [1.29, 1.82) is 5.26 Å². The van der Waals surface area contributed by atoms with Crippen LogP contribution in [0.25, 0.3) is 22.4 Å².